The number of carbonyl (C=O) groups is 1. The van der Waals surface area contributed by atoms with Gasteiger partial charge < -0.3 is 14.6 Å². The van der Waals surface area contributed by atoms with Gasteiger partial charge in [-0.25, -0.2) is 0 Å². The number of hydrogen-bond acceptors (Lipinski definition) is 4. The van der Waals surface area contributed by atoms with E-state index in [4.69, 9.17) is 9.47 Å². The molecule has 0 saturated heterocycles. The van der Waals surface area contributed by atoms with Gasteiger partial charge in [0.05, 0.1) is 12.2 Å². The number of carboxylic acid groups (broad SMARTS) is 1. The highest BCUT2D eigenvalue weighted by Crippen LogP contribution is 2.09. The molecule has 102 valence electrons. The van der Waals surface area contributed by atoms with Gasteiger partial charge in [-0.2, -0.15) is 0 Å². The lowest BCUT2D eigenvalue weighted by Crippen LogP contribution is -2.47. The Bertz CT molecular complexity index is 211. The predicted molar refractivity (Wildman–Crippen MR) is 66.2 cm³/mol. The minimum absolute atomic E-state index is 0.00690. The van der Waals surface area contributed by atoms with E-state index in [1.54, 1.807) is 14.2 Å². The molecule has 0 rings (SSSR count). The van der Waals surface area contributed by atoms with E-state index in [0.29, 0.717) is 19.5 Å². The summed E-state index contributed by atoms with van der Waals surface area (Å²) >= 11 is 0. The van der Waals surface area contributed by atoms with Crippen molar-refractivity contribution in [3.8, 4) is 0 Å². The molecule has 0 aliphatic heterocycles. The molecule has 3 atom stereocenters. The molecule has 0 spiro atoms. The molecule has 0 amide bonds. The second-order valence-electron chi connectivity index (χ2n) is 4.31. The second kappa shape index (κ2) is 8.44. The van der Waals surface area contributed by atoms with Crippen molar-refractivity contribution in [2.45, 2.75) is 45.4 Å². The van der Waals surface area contributed by atoms with Crippen molar-refractivity contribution < 1.29 is 19.4 Å². The van der Waals surface area contributed by atoms with Crippen LogP contribution in [0.2, 0.25) is 0 Å². The Morgan fingerprint density at radius 1 is 1.18 bits per heavy atom. The Kier molecular flexibility index (Phi) is 8.12. The van der Waals surface area contributed by atoms with Crippen LogP contribution in [-0.4, -0.2) is 61.5 Å². The maximum Gasteiger partial charge on any atom is 0.320 e. The fraction of sp³-hybridized carbons (Fsp3) is 0.917. The van der Waals surface area contributed by atoms with Crippen LogP contribution in [-0.2, 0) is 14.3 Å². The van der Waals surface area contributed by atoms with Crippen molar-refractivity contribution in [2.75, 3.05) is 27.3 Å². The Balaban J connectivity index is 4.62. The highest BCUT2D eigenvalue weighted by molar-refractivity contribution is 5.73. The Morgan fingerprint density at radius 3 is 1.82 bits per heavy atom. The molecule has 0 aromatic rings. The maximum absolute atomic E-state index is 11.2. The summed E-state index contributed by atoms with van der Waals surface area (Å²) < 4.78 is 10.4. The minimum atomic E-state index is -0.792. The van der Waals surface area contributed by atoms with Crippen LogP contribution in [0.4, 0.5) is 0 Å². The van der Waals surface area contributed by atoms with Gasteiger partial charge in [-0.05, 0) is 20.3 Å². The molecule has 17 heavy (non-hydrogen) atoms. The quantitative estimate of drug-likeness (QED) is 0.664. The topological polar surface area (TPSA) is 59.0 Å². The molecule has 0 heterocycles. The van der Waals surface area contributed by atoms with Crippen molar-refractivity contribution in [2.24, 2.45) is 0 Å². The summed E-state index contributed by atoms with van der Waals surface area (Å²) in [6.45, 7) is 6.92. The molecule has 0 aromatic heterocycles. The normalized spacial score (nSPS) is 16.8. The summed E-state index contributed by atoms with van der Waals surface area (Å²) in [5, 5.41) is 9.19. The summed E-state index contributed by atoms with van der Waals surface area (Å²) in [6, 6.07) is -0.481. The van der Waals surface area contributed by atoms with Crippen LogP contribution in [0.5, 0.6) is 0 Å². The molecule has 5 heteroatoms. The van der Waals surface area contributed by atoms with Crippen LogP contribution in [0, 0.1) is 0 Å². The van der Waals surface area contributed by atoms with E-state index in [1.165, 1.54) is 0 Å². The summed E-state index contributed by atoms with van der Waals surface area (Å²) in [4.78, 5) is 13.1. The van der Waals surface area contributed by atoms with Crippen molar-refractivity contribution >= 4 is 5.97 Å². The van der Waals surface area contributed by atoms with Gasteiger partial charge in [0.25, 0.3) is 0 Å². The molecule has 0 fully saturated rings. The first-order chi connectivity index (χ1) is 7.96. The number of nitrogens with zero attached hydrogens (tertiary/aromatic N) is 1. The van der Waals surface area contributed by atoms with Crippen molar-refractivity contribution in [3.05, 3.63) is 0 Å². The van der Waals surface area contributed by atoms with E-state index >= 15 is 0 Å². The van der Waals surface area contributed by atoms with E-state index in [1.807, 2.05) is 25.7 Å². The van der Waals surface area contributed by atoms with Gasteiger partial charge in [-0.3, -0.25) is 9.69 Å². The fourth-order valence-electron chi connectivity index (χ4n) is 1.73. The SMILES string of the molecule is CCC(C(=O)O)N(CC(C)OC)CC(C)OC. The first-order valence-corrected chi connectivity index (χ1v) is 5.98. The second-order valence-corrected chi connectivity index (χ2v) is 4.31. The van der Waals surface area contributed by atoms with Gasteiger partial charge in [-0.1, -0.05) is 6.92 Å². The van der Waals surface area contributed by atoms with Crippen LogP contribution >= 0.6 is 0 Å². The first kappa shape index (κ1) is 16.4. The molecule has 0 saturated carbocycles. The number of aliphatic carboxylic acids is 1. The van der Waals surface area contributed by atoms with E-state index < -0.39 is 12.0 Å². The average Bonchev–Trinajstić information content (AvgIpc) is 2.28. The highest BCUT2D eigenvalue weighted by atomic mass is 16.5. The molecule has 0 aliphatic rings. The number of rotatable bonds is 9. The lowest BCUT2D eigenvalue weighted by Gasteiger charge is -2.31. The first-order valence-electron chi connectivity index (χ1n) is 5.98. The van der Waals surface area contributed by atoms with Crippen molar-refractivity contribution in [1.82, 2.24) is 4.90 Å². The van der Waals surface area contributed by atoms with Crippen molar-refractivity contribution in [3.63, 3.8) is 0 Å². The third kappa shape index (κ3) is 6.00. The Morgan fingerprint density at radius 2 is 1.59 bits per heavy atom. The smallest absolute Gasteiger partial charge is 0.320 e. The van der Waals surface area contributed by atoms with Crippen molar-refractivity contribution in [1.29, 1.82) is 0 Å². The van der Waals surface area contributed by atoms with Crippen LogP contribution in [0.15, 0.2) is 0 Å². The van der Waals surface area contributed by atoms with Gasteiger partial charge in [0.15, 0.2) is 0 Å². The van der Waals surface area contributed by atoms with E-state index in [-0.39, 0.29) is 12.2 Å². The van der Waals surface area contributed by atoms with Gasteiger partial charge in [0.1, 0.15) is 6.04 Å². The van der Waals surface area contributed by atoms with E-state index in [9.17, 15) is 9.90 Å². The zero-order valence-electron chi connectivity index (χ0n) is 11.5. The minimum Gasteiger partial charge on any atom is -0.480 e. The molecular formula is C12H25NO4. The zero-order valence-corrected chi connectivity index (χ0v) is 11.5. The fourth-order valence-corrected chi connectivity index (χ4v) is 1.73. The number of carboxylic acids is 1. The van der Waals surface area contributed by atoms with E-state index in [0.717, 1.165) is 0 Å². The molecule has 3 unspecified atom stereocenters. The predicted octanol–water partition coefficient (Wildman–Crippen LogP) is 1.22. The lowest BCUT2D eigenvalue weighted by atomic mass is 10.1. The molecule has 5 nitrogen and oxygen atoms in total. The molecular weight excluding hydrogens is 222 g/mol. The Labute approximate surface area is 104 Å². The van der Waals surface area contributed by atoms with Crippen LogP contribution in [0.1, 0.15) is 27.2 Å². The standard InChI is InChI=1S/C12H25NO4/c1-6-11(12(14)15)13(7-9(2)16-4)8-10(3)17-5/h9-11H,6-8H2,1-5H3,(H,14,15). The van der Waals surface area contributed by atoms with Crippen LogP contribution < -0.4 is 0 Å². The molecule has 0 aliphatic carbocycles. The Hall–Kier alpha value is -0.650. The number of ether oxygens (including phenoxy) is 2. The number of methoxy groups -OCH3 is 2. The van der Waals surface area contributed by atoms with Gasteiger partial charge >= 0.3 is 5.97 Å². The summed E-state index contributed by atoms with van der Waals surface area (Å²) in [5.74, 6) is -0.792. The largest absolute Gasteiger partial charge is 0.480 e. The number of hydrogen-bond donors (Lipinski definition) is 1. The summed E-state index contributed by atoms with van der Waals surface area (Å²) in [6.07, 6.45) is 0.585. The average molecular weight is 247 g/mol. The van der Waals surface area contributed by atoms with E-state index in [2.05, 4.69) is 0 Å². The molecule has 0 bridgehead atoms. The van der Waals surface area contributed by atoms with Gasteiger partial charge in [-0.15, -0.1) is 0 Å². The molecule has 0 radical (unpaired) electrons. The lowest BCUT2D eigenvalue weighted by molar-refractivity contribution is -0.144. The highest BCUT2D eigenvalue weighted by Gasteiger charge is 2.26. The van der Waals surface area contributed by atoms with Gasteiger partial charge in [0.2, 0.25) is 0 Å². The van der Waals surface area contributed by atoms with Gasteiger partial charge in [0, 0.05) is 27.3 Å². The third-order valence-electron chi connectivity index (χ3n) is 2.90. The van der Waals surface area contributed by atoms with Crippen LogP contribution in [0.25, 0.3) is 0 Å². The summed E-state index contributed by atoms with van der Waals surface area (Å²) in [7, 11) is 3.26. The molecule has 1 N–H and O–H groups in total. The summed E-state index contributed by atoms with van der Waals surface area (Å²) in [5.41, 5.74) is 0. The monoisotopic (exact) mass is 247 g/mol. The maximum atomic E-state index is 11.2. The molecule has 0 aromatic carbocycles. The van der Waals surface area contributed by atoms with Crippen LogP contribution in [0.3, 0.4) is 0 Å². The third-order valence-corrected chi connectivity index (χ3v) is 2.90. The zero-order chi connectivity index (χ0) is 13.4.